The molecular formula is C21H20N6O2S. The van der Waals surface area contributed by atoms with Crippen molar-refractivity contribution in [1.29, 1.82) is 0 Å². The van der Waals surface area contributed by atoms with Crippen molar-refractivity contribution < 1.29 is 4.79 Å². The summed E-state index contributed by atoms with van der Waals surface area (Å²) in [6, 6.07) is 17.4. The number of fused-ring (bicyclic) bond motifs is 1. The minimum absolute atomic E-state index is 0.144. The van der Waals surface area contributed by atoms with Gasteiger partial charge in [-0.15, -0.1) is 10.2 Å². The molecule has 0 aliphatic rings. The lowest BCUT2D eigenvalue weighted by Gasteiger charge is -2.06. The molecule has 9 heteroatoms. The van der Waals surface area contributed by atoms with Crippen LogP contribution in [-0.4, -0.2) is 36.5 Å². The second-order valence-electron chi connectivity index (χ2n) is 6.67. The average Bonchev–Trinajstić information content (AvgIpc) is 3.15. The second kappa shape index (κ2) is 8.91. The van der Waals surface area contributed by atoms with E-state index in [0.29, 0.717) is 17.3 Å². The van der Waals surface area contributed by atoms with Gasteiger partial charge in [0.25, 0.3) is 11.3 Å². The monoisotopic (exact) mass is 420 g/mol. The number of rotatable bonds is 7. The molecule has 0 unspecified atom stereocenters. The van der Waals surface area contributed by atoms with Gasteiger partial charge >= 0.3 is 0 Å². The van der Waals surface area contributed by atoms with Gasteiger partial charge in [0.2, 0.25) is 11.1 Å². The van der Waals surface area contributed by atoms with Crippen LogP contribution in [0.5, 0.6) is 0 Å². The van der Waals surface area contributed by atoms with Gasteiger partial charge in [0.15, 0.2) is 0 Å². The molecule has 1 amide bonds. The van der Waals surface area contributed by atoms with Crippen molar-refractivity contribution in [3.8, 4) is 0 Å². The van der Waals surface area contributed by atoms with Gasteiger partial charge in [-0.1, -0.05) is 61.2 Å². The third-order valence-corrected chi connectivity index (χ3v) is 5.43. The standard InChI is InChI=1S/C21H20N6O2S/c1-2-14-8-10-16(11-9-14)22-18(28)13-30-21-25-24-20-23-19(29)17(26-27(20)21)12-15-6-4-3-5-7-15/h3-11H,2,12-13H2,1H3,(H,22,28)(H,23,24,29). The molecule has 0 radical (unpaired) electrons. The van der Waals surface area contributed by atoms with Crippen LogP contribution in [0.3, 0.4) is 0 Å². The Labute approximate surface area is 176 Å². The van der Waals surface area contributed by atoms with E-state index in [-0.39, 0.29) is 23.0 Å². The van der Waals surface area contributed by atoms with E-state index in [9.17, 15) is 9.59 Å². The van der Waals surface area contributed by atoms with Crippen LogP contribution in [0.25, 0.3) is 5.78 Å². The van der Waals surface area contributed by atoms with Crippen molar-refractivity contribution in [3.05, 3.63) is 81.8 Å². The molecule has 2 heterocycles. The molecule has 0 fully saturated rings. The Kier molecular flexibility index (Phi) is 5.89. The highest BCUT2D eigenvalue weighted by molar-refractivity contribution is 7.99. The molecule has 0 bridgehead atoms. The van der Waals surface area contributed by atoms with Gasteiger partial charge in [-0.25, -0.2) is 0 Å². The largest absolute Gasteiger partial charge is 0.325 e. The van der Waals surface area contributed by atoms with Crippen molar-refractivity contribution in [2.45, 2.75) is 24.9 Å². The van der Waals surface area contributed by atoms with Crippen LogP contribution in [0.15, 0.2) is 64.5 Å². The lowest BCUT2D eigenvalue weighted by atomic mass is 10.1. The normalized spacial score (nSPS) is 11.0. The Morgan fingerprint density at radius 3 is 2.57 bits per heavy atom. The molecule has 0 saturated carbocycles. The van der Waals surface area contributed by atoms with Crippen LogP contribution in [0.1, 0.15) is 23.7 Å². The molecule has 30 heavy (non-hydrogen) atoms. The summed E-state index contributed by atoms with van der Waals surface area (Å²) in [6.45, 7) is 2.08. The second-order valence-corrected chi connectivity index (χ2v) is 7.61. The quantitative estimate of drug-likeness (QED) is 0.446. The first-order chi connectivity index (χ1) is 14.6. The number of nitrogens with one attached hydrogen (secondary N) is 2. The Balaban J connectivity index is 1.46. The van der Waals surface area contributed by atoms with Gasteiger partial charge in [-0.3, -0.25) is 14.6 Å². The van der Waals surface area contributed by atoms with Gasteiger partial charge in [0.1, 0.15) is 5.69 Å². The third-order valence-electron chi connectivity index (χ3n) is 4.51. The number of amides is 1. The number of aryl methyl sites for hydroxylation is 1. The van der Waals surface area contributed by atoms with E-state index >= 15 is 0 Å². The average molecular weight is 420 g/mol. The molecule has 2 aromatic carbocycles. The molecule has 0 saturated heterocycles. The van der Waals surface area contributed by atoms with E-state index < -0.39 is 0 Å². The van der Waals surface area contributed by atoms with Crippen LogP contribution in [0.4, 0.5) is 5.69 Å². The highest BCUT2D eigenvalue weighted by Crippen LogP contribution is 2.16. The maximum atomic E-state index is 12.3. The lowest BCUT2D eigenvalue weighted by Crippen LogP contribution is -2.19. The lowest BCUT2D eigenvalue weighted by molar-refractivity contribution is -0.113. The Bertz CT molecular complexity index is 1220. The number of nitrogens with zero attached hydrogens (tertiary/aromatic N) is 4. The summed E-state index contributed by atoms with van der Waals surface area (Å²) >= 11 is 1.21. The van der Waals surface area contributed by atoms with Crippen molar-refractivity contribution in [1.82, 2.24) is 24.8 Å². The summed E-state index contributed by atoms with van der Waals surface area (Å²) in [7, 11) is 0. The van der Waals surface area contributed by atoms with E-state index in [0.717, 1.165) is 17.7 Å². The zero-order chi connectivity index (χ0) is 20.9. The number of benzene rings is 2. The fourth-order valence-corrected chi connectivity index (χ4v) is 3.60. The third kappa shape index (κ3) is 4.57. The predicted molar refractivity (Wildman–Crippen MR) is 116 cm³/mol. The number of hydrogen-bond acceptors (Lipinski definition) is 6. The summed E-state index contributed by atoms with van der Waals surface area (Å²) in [5.74, 6) is 0.232. The van der Waals surface area contributed by atoms with Gasteiger partial charge < -0.3 is 5.32 Å². The van der Waals surface area contributed by atoms with Crippen LogP contribution >= 0.6 is 11.8 Å². The number of aromatic nitrogens is 5. The van der Waals surface area contributed by atoms with E-state index in [1.165, 1.54) is 21.8 Å². The fraction of sp³-hybridized carbons (Fsp3) is 0.190. The first kappa shape index (κ1) is 19.8. The Morgan fingerprint density at radius 2 is 1.83 bits per heavy atom. The smallest absolute Gasteiger partial charge is 0.274 e. The van der Waals surface area contributed by atoms with Gasteiger partial charge in [0, 0.05) is 12.1 Å². The molecule has 152 valence electrons. The summed E-state index contributed by atoms with van der Waals surface area (Å²) in [4.78, 5) is 27.3. The topological polar surface area (TPSA) is 105 Å². The van der Waals surface area contributed by atoms with Gasteiger partial charge in [0.05, 0.1) is 5.75 Å². The van der Waals surface area contributed by atoms with Crippen LogP contribution < -0.4 is 10.9 Å². The molecule has 2 N–H and O–H groups in total. The van der Waals surface area contributed by atoms with E-state index in [1.54, 1.807) is 0 Å². The molecule has 4 rings (SSSR count). The highest BCUT2D eigenvalue weighted by atomic mass is 32.2. The van der Waals surface area contributed by atoms with Crippen LogP contribution in [0.2, 0.25) is 0 Å². The van der Waals surface area contributed by atoms with Crippen molar-refractivity contribution in [3.63, 3.8) is 0 Å². The van der Waals surface area contributed by atoms with Crippen molar-refractivity contribution in [2.75, 3.05) is 11.1 Å². The van der Waals surface area contributed by atoms with Crippen molar-refractivity contribution in [2.24, 2.45) is 0 Å². The maximum Gasteiger partial charge on any atom is 0.274 e. The van der Waals surface area contributed by atoms with Crippen LogP contribution in [0, 0.1) is 0 Å². The highest BCUT2D eigenvalue weighted by Gasteiger charge is 2.14. The molecule has 8 nitrogen and oxygen atoms in total. The summed E-state index contributed by atoms with van der Waals surface area (Å²) in [6.07, 6.45) is 1.34. The SMILES string of the molecule is CCc1ccc(NC(=O)CSc2nnc3[nH]c(=O)c(Cc4ccccc4)nn23)cc1. The fourth-order valence-electron chi connectivity index (χ4n) is 2.92. The summed E-state index contributed by atoms with van der Waals surface area (Å²) < 4.78 is 1.47. The first-order valence-electron chi connectivity index (χ1n) is 9.52. The molecule has 0 atom stereocenters. The zero-order valence-corrected chi connectivity index (χ0v) is 17.1. The van der Waals surface area contributed by atoms with Crippen LogP contribution in [-0.2, 0) is 17.6 Å². The molecule has 0 aliphatic carbocycles. The number of anilines is 1. The molecular weight excluding hydrogens is 400 g/mol. The molecule has 4 aromatic rings. The summed E-state index contributed by atoms with van der Waals surface area (Å²) in [5.41, 5.74) is 2.99. The number of carbonyl (C=O) groups excluding carboxylic acids is 1. The minimum Gasteiger partial charge on any atom is -0.325 e. The Morgan fingerprint density at radius 1 is 1.07 bits per heavy atom. The number of hydrogen-bond donors (Lipinski definition) is 2. The maximum absolute atomic E-state index is 12.3. The Hall–Kier alpha value is -3.46. The molecule has 2 aromatic heterocycles. The van der Waals surface area contributed by atoms with E-state index in [1.807, 2.05) is 54.6 Å². The number of carbonyl (C=O) groups is 1. The van der Waals surface area contributed by atoms with Gasteiger partial charge in [-0.2, -0.15) is 9.61 Å². The first-order valence-corrected chi connectivity index (χ1v) is 10.5. The molecule has 0 spiro atoms. The zero-order valence-electron chi connectivity index (χ0n) is 16.3. The van der Waals surface area contributed by atoms with Crippen molar-refractivity contribution >= 4 is 29.1 Å². The number of H-pyrrole nitrogens is 1. The minimum atomic E-state index is -0.302. The summed E-state index contributed by atoms with van der Waals surface area (Å²) in [5, 5.41) is 15.7. The molecule has 0 aliphatic heterocycles. The number of aromatic amines is 1. The van der Waals surface area contributed by atoms with E-state index in [4.69, 9.17) is 0 Å². The number of thioether (sulfide) groups is 1. The van der Waals surface area contributed by atoms with Gasteiger partial charge in [-0.05, 0) is 29.7 Å². The predicted octanol–water partition coefficient (Wildman–Crippen LogP) is 2.70. The van der Waals surface area contributed by atoms with E-state index in [2.05, 4.69) is 32.5 Å².